The summed E-state index contributed by atoms with van der Waals surface area (Å²) in [6, 6.07) is 11.7. The Kier molecular flexibility index (Phi) is 5.90. The SMILES string of the molecule is CC(CCc1ccco1)NC(=O)N(C)C(C)c1ccc(-n2cncn2)cc1. The summed E-state index contributed by atoms with van der Waals surface area (Å²) in [6.45, 7) is 4.02. The zero-order valence-electron chi connectivity index (χ0n) is 15.9. The molecule has 2 heterocycles. The maximum Gasteiger partial charge on any atom is 0.317 e. The molecule has 0 aliphatic heterocycles. The highest BCUT2D eigenvalue weighted by atomic mass is 16.3. The lowest BCUT2D eigenvalue weighted by Crippen LogP contribution is -2.43. The Balaban J connectivity index is 1.54. The van der Waals surface area contributed by atoms with Crippen LogP contribution in [0.4, 0.5) is 4.79 Å². The van der Waals surface area contributed by atoms with Gasteiger partial charge in [0.25, 0.3) is 0 Å². The average Bonchev–Trinajstić information content (AvgIpc) is 3.39. The van der Waals surface area contributed by atoms with Crippen LogP contribution in [0.3, 0.4) is 0 Å². The van der Waals surface area contributed by atoms with Crippen LogP contribution in [0, 0.1) is 0 Å². The van der Waals surface area contributed by atoms with E-state index in [1.807, 2.05) is 57.3 Å². The standard InChI is InChI=1S/C20H25N5O2/c1-15(6-11-19-5-4-12-27-19)23-20(26)24(3)16(2)17-7-9-18(10-8-17)25-14-21-13-22-25/h4-5,7-10,12-16H,6,11H2,1-3H3,(H,23,26). The number of nitrogens with one attached hydrogen (secondary N) is 1. The van der Waals surface area contributed by atoms with Gasteiger partial charge in [0.05, 0.1) is 18.0 Å². The molecule has 0 radical (unpaired) electrons. The Morgan fingerprint density at radius 3 is 2.67 bits per heavy atom. The number of amides is 2. The Morgan fingerprint density at radius 1 is 1.26 bits per heavy atom. The normalized spacial score (nSPS) is 13.1. The van der Waals surface area contributed by atoms with Crippen molar-refractivity contribution in [3.8, 4) is 5.69 Å². The third-order valence-electron chi connectivity index (χ3n) is 4.73. The molecular weight excluding hydrogens is 342 g/mol. The van der Waals surface area contributed by atoms with Crippen LogP contribution >= 0.6 is 0 Å². The van der Waals surface area contributed by atoms with E-state index in [2.05, 4.69) is 15.4 Å². The Morgan fingerprint density at radius 2 is 2.04 bits per heavy atom. The lowest BCUT2D eigenvalue weighted by molar-refractivity contribution is 0.190. The third kappa shape index (κ3) is 4.75. The Bertz CT molecular complexity index is 828. The van der Waals surface area contributed by atoms with E-state index in [0.717, 1.165) is 29.9 Å². The zero-order chi connectivity index (χ0) is 19.2. The van der Waals surface area contributed by atoms with Crippen molar-refractivity contribution in [1.82, 2.24) is 25.0 Å². The second-order valence-corrected chi connectivity index (χ2v) is 6.69. The van der Waals surface area contributed by atoms with Crippen molar-refractivity contribution < 1.29 is 9.21 Å². The quantitative estimate of drug-likeness (QED) is 0.692. The maximum absolute atomic E-state index is 12.6. The van der Waals surface area contributed by atoms with Crippen molar-refractivity contribution in [3.05, 3.63) is 66.6 Å². The van der Waals surface area contributed by atoms with Crippen LogP contribution in [0.25, 0.3) is 5.69 Å². The summed E-state index contributed by atoms with van der Waals surface area (Å²) in [7, 11) is 1.81. The van der Waals surface area contributed by atoms with Gasteiger partial charge in [-0.1, -0.05) is 12.1 Å². The molecule has 0 bridgehead atoms. The van der Waals surface area contributed by atoms with Crippen LogP contribution in [0.2, 0.25) is 0 Å². The average molecular weight is 367 g/mol. The predicted octanol–water partition coefficient (Wildman–Crippen LogP) is 3.58. The summed E-state index contributed by atoms with van der Waals surface area (Å²) in [5, 5.41) is 7.17. The topological polar surface area (TPSA) is 76.2 Å². The van der Waals surface area contributed by atoms with Gasteiger partial charge in [-0.25, -0.2) is 14.5 Å². The van der Waals surface area contributed by atoms with E-state index in [-0.39, 0.29) is 18.1 Å². The van der Waals surface area contributed by atoms with Crippen molar-refractivity contribution >= 4 is 6.03 Å². The highest BCUT2D eigenvalue weighted by Crippen LogP contribution is 2.20. The highest BCUT2D eigenvalue weighted by molar-refractivity contribution is 5.74. The molecule has 0 saturated carbocycles. The maximum atomic E-state index is 12.6. The first-order chi connectivity index (χ1) is 13.0. The van der Waals surface area contributed by atoms with Crippen LogP contribution in [-0.2, 0) is 6.42 Å². The van der Waals surface area contributed by atoms with Gasteiger partial charge in [-0.3, -0.25) is 0 Å². The highest BCUT2D eigenvalue weighted by Gasteiger charge is 2.19. The van der Waals surface area contributed by atoms with Gasteiger partial charge in [0.1, 0.15) is 18.4 Å². The first-order valence-electron chi connectivity index (χ1n) is 9.05. The molecule has 1 N–H and O–H groups in total. The number of benzene rings is 1. The number of urea groups is 1. The van der Waals surface area contributed by atoms with Crippen LogP contribution < -0.4 is 5.32 Å². The second-order valence-electron chi connectivity index (χ2n) is 6.69. The predicted molar refractivity (Wildman–Crippen MR) is 103 cm³/mol. The van der Waals surface area contributed by atoms with Crippen molar-refractivity contribution in [2.24, 2.45) is 0 Å². The van der Waals surface area contributed by atoms with Crippen LogP contribution in [-0.4, -0.2) is 38.8 Å². The summed E-state index contributed by atoms with van der Waals surface area (Å²) in [6.07, 6.45) is 6.46. The summed E-state index contributed by atoms with van der Waals surface area (Å²) < 4.78 is 7.04. The smallest absolute Gasteiger partial charge is 0.317 e. The lowest BCUT2D eigenvalue weighted by atomic mass is 10.1. The van der Waals surface area contributed by atoms with E-state index in [4.69, 9.17) is 4.42 Å². The van der Waals surface area contributed by atoms with Crippen LogP contribution in [0.5, 0.6) is 0 Å². The number of rotatable bonds is 7. The number of hydrogen-bond acceptors (Lipinski definition) is 4. The van der Waals surface area contributed by atoms with Crippen molar-refractivity contribution in [2.75, 3.05) is 7.05 Å². The molecule has 2 atom stereocenters. The van der Waals surface area contributed by atoms with Gasteiger partial charge < -0.3 is 14.6 Å². The summed E-state index contributed by atoms with van der Waals surface area (Å²) in [5.41, 5.74) is 1.99. The van der Waals surface area contributed by atoms with Gasteiger partial charge in [0, 0.05) is 19.5 Å². The fourth-order valence-electron chi connectivity index (χ4n) is 2.84. The molecule has 7 nitrogen and oxygen atoms in total. The largest absolute Gasteiger partial charge is 0.469 e. The first-order valence-corrected chi connectivity index (χ1v) is 9.05. The molecule has 0 saturated heterocycles. The molecular formula is C20H25N5O2. The van der Waals surface area contributed by atoms with Gasteiger partial charge in [0.2, 0.25) is 0 Å². The molecule has 3 rings (SSSR count). The molecule has 2 amide bonds. The molecule has 27 heavy (non-hydrogen) atoms. The minimum absolute atomic E-state index is 0.0490. The number of nitrogens with zero attached hydrogens (tertiary/aromatic N) is 4. The van der Waals surface area contributed by atoms with Crippen LogP contribution in [0.1, 0.15) is 37.6 Å². The second kappa shape index (κ2) is 8.53. The zero-order valence-corrected chi connectivity index (χ0v) is 15.9. The molecule has 1 aromatic carbocycles. The third-order valence-corrected chi connectivity index (χ3v) is 4.73. The van der Waals surface area contributed by atoms with Gasteiger partial charge in [-0.05, 0) is 50.1 Å². The van der Waals surface area contributed by atoms with E-state index in [9.17, 15) is 4.79 Å². The minimum Gasteiger partial charge on any atom is -0.469 e. The molecule has 0 fully saturated rings. The van der Waals surface area contributed by atoms with E-state index < -0.39 is 0 Å². The fourth-order valence-corrected chi connectivity index (χ4v) is 2.84. The van der Waals surface area contributed by atoms with Crippen molar-refractivity contribution in [2.45, 2.75) is 38.8 Å². The number of aromatic nitrogens is 3. The minimum atomic E-state index is -0.0882. The Hall–Kier alpha value is -3.09. The van der Waals surface area contributed by atoms with E-state index in [1.54, 1.807) is 22.2 Å². The van der Waals surface area contributed by atoms with Gasteiger partial charge in [-0.15, -0.1) is 0 Å². The molecule has 0 aliphatic carbocycles. The van der Waals surface area contributed by atoms with Gasteiger partial charge in [0.15, 0.2) is 0 Å². The van der Waals surface area contributed by atoms with E-state index >= 15 is 0 Å². The first kappa shape index (κ1) is 18.7. The van der Waals surface area contributed by atoms with Gasteiger partial charge in [-0.2, -0.15) is 5.10 Å². The number of carbonyl (C=O) groups is 1. The Labute approximate surface area is 159 Å². The van der Waals surface area contributed by atoms with E-state index in [0.29, 0.717) is 0 Å². The summed E-state index contributed by atoms with van der Waals surface area (Å²) in [5.74, 6) is 0.935. The van der Waals surface area contributed by atoms with Crippen LogP contribution in [0.15, 0.2) is 59.7 Å². The summed E-state index contributed by atoms with van der Waals surface area (Å²) in [4.78, 5) is 18.2. The number of carbonyl (C=O) groups excluding carboxylic acids is 1. The molecule has 0 aliphatic rings. The molecule has 142 valence electrons. The fraction of sp³-hybridized carbons (Fsp3) is 0.350. The van der Waals surface area contributed by atoms with Gasteiger partial charge >= 0.3 is 6.03 Å². The summed E-state index contributed by atoms with van der Waals surface area (Å²) >= 11 is 0. The number of furan rings is 1. The van der Waals surface area contributed by atoms with Crippen molar-refractivity contribution in [1.29, 1.82) is 0 Å². The monoisotopic (exact) mass is 367 g/mol. The molecule has 2 aromatic heterocycles. The number of aryl methyl sites for hydroxylation is 1. The number of hydrogen-bond donors (Lipinski definition) is 1. The molecule has 2 unspecified atom stereocenters. The molecule has 0 spiro atoms. The molecule has 3 aromatic rings. The molecule has 7 heteroatoms. The van der Waals surface area contributed by atoms with E-state index in [1.165, 1.54) is 6.33 Å². The van der Waals surface area contributed by atoms with Crippen molar-refractivity contribution in [3.63, 3.8) is 0 Å². The lowest BCUT2D eigenvalue weighted by Gasteiger charge is -2.27.